The maximum Gasteiger partial charge on any atom is 0.314 e. The minimum atomic E-state index is -1.95. The van der Waals surface area contributed by atoms with Crippen molar-refractivity contribution in [3.05, 3.63) is 12.2 Å². The Balaban J connectivity index is 0.00000625. The van der Waals surface area contributed by atoms with Crippen LogP contribution in [0.1, 0.15) is 72.1 Å². The molecule has 9 fully saturated rings. The second-order valence-corrected chi connectivity index (χ2v) is 21.1. The summed E-state index contributed by atoms with van der Waals surface area (Å²) in [6, 6.07) is 0. The highest BCUT2D eigenvalue weighted by molar-refractivity contribution is 5.77. The third kappa shape index (κ3) is 8.12. The molecule has 4 saturated heterocycles. The molecule has 390 valence electrons. The Morgan fingerprint density at radius 1 is 0.618 bits per heavy atom. The molecule has 21 unspecified atom stereocenters. The van der Waals surface area contributed by atoms with Crippen molar-refractivity contribution < 1.29 is 114 Å². The van der Waals surface area contributed by atoms with Crippen molar-refractivity contribution in [1.29, 1.82) is 0 Å². The van der Waals surface area contributed by atoms with Gasteiger partial charge in [0.25, 0.3) is 0 Å². The molecule has 23 nitrogen and oxygen atoms in total. The number of rotatable bonds is 12. The predicted molar refractivity (Wildman–Crippen MR) is 224 cm³/mol. The molecule has 0 aromatic carbocycles. The highest BCUT2D eigenvalue weighted by Crippen LogP contribution is 2.82. The summed E-state index contributed by atoms with van der Waals surface area (Å²) in [6.45, 7) is 3.31. The zero-order valence-electron chi connectivity index (χ0n) is 37.1. The molecule has 9 aliphatic rings. The van der Waals surface area contributed by atoms with Gasteiger partial charge in [-0.15, -0.1) is 0 Å². The number of aliphatic hydroxyl groups excluding tert-OH is 14. The fraction of sp³-hybridized carbons (Fsp3) is 0.933. The first-order valence-electron chi connectivity index (χ1n) is 23.5. The van der Waals surface area contributed by atoms with Crippen LogP contribution in [-0.2, 0) is 42.7 Å². The minimum Gasteiger partial charge on any atom is -0.432 e. The number of fused-ring (bicyclic) bond motifs is 1. The predicted octanol–water partition coefficient (Wildman–Crippen LogP) is -4.87. The fourth-order valence-electron chi connectivity index (χ4n) is 14.4. The molecular weight excluding hydrogens is 908 g/mol. The number of hydrogen-bond acceptors (Lipinski definition) is 23. The Labute approximate surface area is 392 Å². The Kier molecular flexibility index (Phi) is 15.0. The second-order valence-electron chi connectivity index (χ2n) is 21.1. The van der Waals surface area contributed by atoms with Crippen LogP contribution in [0.3, 0.4) is 0 Å². The van der Waals surface area contributed by atoms with E-state index in [0.717, 1.165) is 12.0 Å². The van der Waals surface area contributed by atoms with E-state index >= 15 is 0 Å². The van der Waals surface area contributed by atoms with Crippen molar-refractivity contribution in [2.75, 3.05) is 26.4 Å². The van der Waals surface area contributed by atoms with Crippen LogP contribution in [0.4, 0.5) is 0 Å². The van der Waals surface area contributed by atoms with Gasteiger partial charge in [0.2, 0.25) is 6.29 Å². The molecule has 5 saturated carbocycles. The van der Waals surface area contributed by atoms with E-state index < -0.39 is 166 Å². The molecule has 23 heteroatoms. The van der Waals surface area contributed by atoms with Crippen LogP contribution in [0, 0.1) is 34.0 Å². The summed E-state index contributed by atoms with van der Waals surface area (Å²) in [4.78, 5) is 14.3. The molecular formula is C45H72O23. The van der Waals surface area contributed by atoms with Crippen molar-refractivity contribution in [3.63, 3.8) is 0 Å². The normalized spacial score (nSPS) is 55.3. The van der Waals surface area contributed by atoms with Gasteiger partial charge in [-0.05, 0) is 92.4 Å². The van der Waals surface area contributed by atoms with Gasteiger partial charge < -0.3 is 109 Å². The highest BCUT2D eigenvalue weighted by atomic mass is 16.8. The molecule has 0 radical (unpaired) electrons. The Morgan fingerprint density at radius 2 is 1.10 bits per heavy atom. The molecule has 0 aromatic heterocycles. The van der Waals surface area contributed by atoms with Crippen LogP contribution in [0.5, 0.6) is 0 Å². The molecule has 0 amide bonds. The van der Waals surface area contributed by atoms with Crippen LogP contribution in [-0.4, -0.2) is 232 Å². The fourth-order valence-corrected chi connectivity index (χ4v) is 14.4. The Hall–Kier alpha value is -1.63. The largest absolute Gasteiger partial charge is 0.432 e. The molecule has 27 atom stereocenters. The lowest BCUT2D eigenvalue weighted by atomic mass is 9.30. The maximum atomic E-state index is 14.3. The van der Waals surface area contributed by atoms with Crippen molar-refractivity contribution >= 4 is 5.97 Å². The molecule has 0 aromatic rings. The molecule has 68 heavy (non-hydrogen) atoms. The summed E-state index contributed by atoms with van der Waals surface area (Å²) in [7, 11) is 0. The van der Waals surface area contributed by atoms with Crippen molar-refractivity contribution in [2.24, 2.45) is 34.0 Å². The molecule has 9 rings (SSSR count). The van der Waals surface area contributed by atoms with E-state index in [0.29, 0.717) is 51.4 Å². The van der Waals surface area contributed by atoms with E-state index in [4.69, 9.17) is 37.9 Å². The molecule has 4 aliphatic heterocycles. The van der Waals surface area contributed by atoms with Gasteiger partial charge in [-0.1, -0.05) is 20.4 Å². The number of carbonyl (C=O) groups is 1. The topological polar surface area (TPSA) is 374 Å². The van der Waals surface area contributed by atoms with E-state index in [-0.39, 0.29) is 36.0 Å². The first kappa shape index (κ1) is 52.7. The van der Waals surface area contributed by atoms with Gasteiger partial charge in [-0.25, -0.2) is 0 Å². The summed E-state index contributed by atoms with van der Waals surface area (Å²) < 4.78 is 48.4. The quantitative estimate of drug-likeness (QED) is 0.0495. The van der Waals surface area contributed by atoms with Crippen LogP contribution >= 0.6 is 0 Å². The number of esters is 1. The lowest BCUT2D eigenvalue weighted by Crippen LogP contribution is -2.70. The SMILES string of the molecule is C.C=C1C[C@]23CC[C@H]4[C@]5(CCC[C@@]4(C)C(=O)OC4OC(CO)C(O)C(O)C4O)CC(C[C@]1(OC1OC(CO)C(O)C(OC4OC(CO)C(O)C(O)C4O)C1OC1OC(CO)C(O)C(O)C1O)C2)[C@H]35. The van der Waals surface area contributed by atoms with Crippen molar-refractivity contribution in [1.82, 2.24) is 0 Å². The first-order valence-corrected chi connectivity index (χ1v) is 23.5. The smallest absolute Gasteiger partial charge is 0.314 e. The van der Waals surface area contributed by atoms with E-state index in [1.54, 1.807) is 0 Å². The molecule has 5 aliphatic carbocycles. The third-order valence-corrected chi connectivity index (χ3v) is 17.5. The van der Waals surface area contributed by atoms with Gasteiger partial charge >= 0.3 is 5.97 Å². The molecule has 14 N–H and O–H groups in total. The zero-order valence-corrected chi connectivity index (χ0v) is 37.1. The number of carbonyl (C=O) groups excluding carboxylic acids is 1. The molecule has 4 heterocycles. The van der Waals surface area contributed by atoms with Gasteiger partial charge in [0, 0.05) is 0 Å². The monoisotopic (exact) mass is 980 g/mol. The van der Waals surface area contributed by atoms with Crippen LogP contribution in [0.25, 0.3) is 0 Å². The summed E-state index contributed by atoms with van der Waals surface area (Å²) in [5.74, 6) is -0.568. The minimum absolute atomic E-state index is 0. The number of ether oxygens (including phenoxy) is 8. The third-order valence-electron chi connectivity index (χ3n) is 17.5. The number of aliphatic hydroxyl groups is 14. The Morgan fingerprint density at radius 3 is 1.65 bits per heavy atom. The average molecular weight is 981 g/mol. The van der Waals surface area contributed by atoms with Gasteiger partial charge in [0.15, 0.2) is 18.9 Å². The average Bonchev–Trinajstić information content (AvgIpc) is 3.51. The van der Waals surface area contributed by atoms with Crippen LogP contribution < -0.4 is 0 Å². The van der Waals surface area contributed by atoms with Crippen LogP contribution in [0.15, 0.2) is 12.2 Å². The second kappa shape index (κ2) is 19.3. The van der Waals surface area contributed by atoms with Gasteiger partial charge in [0.05, 0.1) is 37.4 Å². The lowest BCUT2D eigenvalue weighted by molar-refractivity contribution is -0.401. The summed E-state index contributed by atoms with van der Waals surface area (Å²) in [6.07, 6.45) is -28.5. The van der Waals surface area contributed by atoms with Gasteiger partial charge in [-0.2, -0.15) is 0 Å². The Bertz CT molecular complexity index is 1810. The molecule has 2 bridgehead atoms. The zero-order chi connectivity index (χ0) is 48.3. The standard InChI is InChI=1S/C44H68O23.CH4/c1-16-8-42-7-4-22-41(2,40(59)66-38-32(58)29(55)25(51)20(13-47)62-38)5-3-6-43(22)9-17(35(42)43)10-44(16,15-42)67-39-34(65-37-31(57)28(54)24(50)19(12-46)61-37)33(26(52)21(14-48)63-39)64-36-30(56)27(53)23(49)18(11-45)60-36;/h17-39,45-58H,1,3-15H2,2H3;1H4/t17?,18?,19?,20?,21?,22-,23?,24?,25?,26?,27?,28?,29?,30?,31?,32?,33?,34?,35-,36?,37?,38?,39?,41-,42-,43+,44+;/m1./s1. The van der Waals surface area contributed by atoms with Crippen molar-refractivity contribution in [2.45, 2.75) is 201 Å². The maximum absolute atomic E-state index is 14.3. The summed E-state index contributed by atoms with van der Waals surface area (Å²) in [5.41, 5.74) is -2.05. The van der Waals surface area contributed by atoms with Crippen molar-refractivity contribution in [3.8, 4) is 0 Å². The first-order chi connectivity index (χ1) is 31.7. The van der Waals surface area contributed by atoms with Gasteiger partial charge in [-0.3, -0.25) is 4.79 Å². The summed E-state index contributed by atoms with van der Waals surface area (Å²) >= 11 is 0. The number of hydrogen-bond donors (Lipinski definition) is 14. The van der Waals surface area contributed by atoms with E-state index in [2.05, 4.69) is 6.58 Å². The van der Waals surface area contributed by atoms with E-state index in [1.807, 2.05) is 6.92 Å². The lowest BCUT2D eigenvalue weighted by Gasteiger charge is -2.74. The summed E-state index contributed by atoms with van der Waals surface area (Å²) in [5, 5.41) is 148. The highest BCUT2D eigenvalue weighted by Gasteiger charge is 2.77. The van der Waals surface area contributed by atoms with Gasteiger partial charge in [0.1, 0.15) is 97.7 Å². The van der Waals surface area contributed by atoms with E-state index in [9.17, 15) is 76.3 Å². The molecule has 2 spiro atoms. The van der Waals surface area contributed by atoms with E-state index in [1.165, 1.54) is 0 Å². The van der Waals surface area contributed by atoms with Crippen LogP contribution in [0.2, 0.25) is 0 Å².